The minimum Gasteiger partial charge on any atom is -0.378 e. The fourth-order valence-electron chi connectivity index (χ4n) is 5.06. The van der Waals surface area contributed by atoms with Gasteiger partial charge in [-0.05, 0) is 67.9 Å². The maximum atomic E-state index is 13.6. The van der Waals surface area contributed by atoms with Gasteiger partial charge in [-0.25, -0.2) is 4.39 Å². The van der Waals surface area contributed by atoms with Crippen LogP contribution in [0.2, 0.25) is 0 Å². The molecule has 4 rings (SSSR count). The van der Waals surface area contributed by atoms with E-state index >= 15 is 0 Å². The fraction of sp³-hybridized carbons (Fsp3) is 0.600. The van der Waals surface area contributed by atoms with Crippen molar-refractivity contribution in [1.82, 2.24) is 19.2 Å². The van der Waals surface area contributed by atoms with E-state index in [1.807, 2.05) is 25.1 Å². The van der Waals surface area contributed by atoms with Crippen molar-refractivity contribution in [2.45, 2.75) is 57.1 Å². The molecule has 10 heteroatoms. The number of ether oxygens (including phenoxy) is 1. The molecule has 0 spiro atoms. The Morgan fingerprint density at radius 3 is 2.66 bits per heavy atom. The lowest BCUT2D eigenvalue weighted by molar-refractivity contribution is -0.00225. The van der Waals surface area contributed by atoms with Gasteiger partial charge in [0.1, 0.15) is 5.82 Å². The number of hydrogen-bond donors (Lipinski definition) is 1. The van der Waals surface area contributed by atoms with E-state index in [4.69, 9.17) is 4.74 Å². The molecule has 1 saturated carbocycles. The number of piperidine rings is 1. The largest absolute Gasteiger partial charge is 0.378 e. The zero-order chi connectivity index (χ0) is 24.8. The van der Waals surface area contributed by atoms with Gasteiger partial charge in [0.25, 0.3) is 10.2 Å². The average Bonchev–Trinajstić information content (AvgIpc) is 2.88. The number of nitrogens with zero attached hydrogens (tertiary/aromatic N) is 4. The lowest BCUT2D eigenvalue weighted by atomic mass is 9.82. The SMILES string of the molecule is CCN(C)S(=O)(=O)N[C@H]1CCN(c2cccnn2)C[C@H]1CO[C@H]1CC[C@@H](c2cccc(F)c2)CC1. The summed E-state index contributed by atoms with van der Waals surface area (Å²) in [6.45, 7) is 4.02. The molecule has 1 aromatic heterocycles. The average molecular weight is 506 g/mol. The zero-order valence-corrected chi connectivity index (χ0v) is 21.3. The van der Waals surface area contributed by atoms with Crippen LogP contribution in [0.15, 0.2) is 42.6 Å². The molecule has 1 saturated heterocycles. The van der Waals surface area contributed by atoms with Crippen LogP contribution in [0.3, 0.4) is 0 Å². The summed E-state index contributed by atoms with van der Waals surface area (Å²) in [5.74, 6) is 0.941. The second-order valence-electron chi connectivity index (χ2n) is 9.58. The van der Waals surface area contributed by atoms with Crippen molar-refractivity contribution in [3.05, 3.63) is 54.0 Å². The summed E-state index contributed by atoms with van der Waals surface area (Å²) in [4.78, 5) is 2.15. The first-order valence-corrected chi connectivity index (χ1v) is 13.9. The maximum absolute atomic E-state index is 13.6. The molecular formula is C25H36FN5O3S. The normalized spacial score (nSPS) is 25.7. The van der Waals surface area contributed by atoms with E-state index in [9.17, 15) is 12.8 Å². The highest BCUT2D eigenvalue weighted by Crippen LogP contribution is 2.35. The summed E-state index contributed by atoms with van der Waals surface area (Å²) >= 11 is 0. The number of benzene rings is 1. The van der Waals surface area contributed by atoms with Gasteiger partial charge < -0.3 is 9.64 Å². The summed E-state index contributed by atoms with van der Waals surface area (Å²) < 4.78 is 49.7. The van der Waals surface area contributed by atoms with Crippen molar-refractivity contribution in [3.8, 4) is 0 Å². The number of hydrogen-bond acceptors (Lipinski definition) is 6. The molecule has 8 nitrogen and oxygen atoms in total. The minimum atomic E-state index is -3.56. The van der Waals surface area contributed by atoms with Gasteiger partial charge in [-0.2, -0.15) is 22.5 Å². The molecule has 1 N–H and O–H groups in total. The van der Waals surface area contributed by atoms with E-state index in [1.54, 1.807) is 25.4 Å². The molecule has 1 aromatic carbocycles. The Balaban J connectivity index is 1.38. The topological polar surface area (TPSA) is 87.7 Å². The molecule has 0 bridgehead atoms. The third-order valence-electron chi connectivity index (χ3n) is 7.31. The minimum absolute atomic E-state index is 0.0215. The Morgan fingerprint density at radius 1 is 1.17 bits per heavy atom. The van der Waals surface area contributed by atoms with Gasteiger partial charge in [0, 0.05) is 44.8 Å². The smallest absolute Gasteiger partial charge is 0.279 e. The van der Waals surface area contributed by atoms with Crippen LogP contribution in [0.1, 0.15) is 50.5 Å². The molecule has 2 aliphatic rings. The number of anilines is 1. The highest BCUT2D eigenvalue weighted by molar-refractivity contribution is 7.87. The third-order valence-corrected chi connectivity index (χ3v) is 8.99. The lowest BCUT2D eigenvalue weighted by Gasteiger charge is -2.40. The lowest BCUT2D eigenvalue weighted by Crippen LogP contribution is -2.55. The second kappa shape index (κ2) is 11.7. The predicted molar refractivity (Wildman–Crippen MR) is 134 cm³/mol. The van der Waals surface area contributed by atoms with E-state index < -0.39 is 10.2 Å². The molecule has 2 atom stereocenters. The van der Waals surface area contributed by atoms with Gasteiger partial charge in [0.05, 0.1) is 12.7 Å². The highest BCUT2D eigenvalue weighted by Gasteiger charge is 2.35. The molecule has 35 heavy (non-hydrogen) atoms. The van der Waals surface area contributed by atoms with Gasteiger partial charge >= 0.3 is 0 Å². The van der Waals surface area contributed by atoms with Gasteiger partial charge in [0.2, 0.25) is 0 Å². The number of nitrogens with one attached hydrogen (secondary N) is 1. The molecule has 0 unspecified atom stereocenters. The van der Waals surface area contributed by atoms with Crippen LogP contribution in [0.5, 0.6) is 0 Å². The van der Waals surface area contributed by atoms with Gasteiger partial charge in [0.15, 0.2) is 5.82 Å². The summed E-state index contributed by atoms with van der Waals surface area (Å²) in [5, 5.41) is 8.22. The van der Waals surface area contributed by atoms with Crippen molar-refractivity contribution in [1.29, 1.82) is 0 Å². The van der Waals surface area contributed by atoms with Gasteiger partial charge in [-0.15, -0.1) is 5.10 Å². The van der Waals surface area contributed by atoms with E-state index in [1.165, 1.54) is 10.4 Å². The summed E-state index contributed by atoms with van der Waals surface area (Å²) in [6.07, 6.45) is 6.18. The third kappa shape index (κ3) is 6.75. The van der Waals surface area contributed by atoms with Crippen molar-refractivity contribution in [2.24, 2.45) is 5.92 Å². The summed E-state index contributed by atoms with van der Waals surface area (Å²) in [6, 6.07) is 10.5. The monoisotopic (exact) mass is 505 g/mol. The standard InChI is InChI=1S/C25H36FN5O3S/c1-3-30(2)35(32,33)29-24-13-15-31(25-8-5-14-27-28-25)17-21(24)18-34-23-11-9-19(10-12-23)20-6-4-7-22(26)16-20/h4-8,14,16,19,21,23-24,29H,3,9-13,15,17-18H2,1-2H3/t19-,21-,23+,24-/m0/s1. The Bertz CT molecular complexity index is 1050. The molecule has 1 aliphatic carbocycles. The molecule has 192 valence electrons. The number of aromatic nitrogens is 2. The van der Waals surface area contributed by atoms with Crippen LogP contribution in [0.25, 0.3) is 0 Å². The van der Waals surface area contributed by atoms with Crippen LogP contribution >= 0.6 is 0 Å². The molecule has 2 fully saturated rings. The first-order chi connectivity index (χ1) is 16.9. The maximum Gasteiger partial charge on any atom is 0.279 e. The van der Waals surface area contributed by atoms with E-state index in [-0.39, 0.29) is 23.9 Å². The molecule has 0 radical (unpaired) electrons. The molecule has 1 aliphatic heterocycles. The van der Waals surface area contributed by atoms with Crippen molar-refractivity contribution in [3.63, 3.8) is 0 Å². The van der Waals surface area contributed by atoms with Crippen molar-refractivity contribution in [2.75, 3.05) is 38.2 Å². The van der Waals surface area contributed by atoms with E-state index in [0.29, 0.717) is 38.6 Å². The van der Waals surface area contributed by atoms with Gasteiger partial charge in [-0.1, -0.05) is 19.1 Å². The second-order valence-corrected chi connectivity index (χ2v) is 11.4. The van der Waals surface area contributed by atoms with Crippen LogP contribution in [-0.4, -0.2) is 68.4 Å². The predicted octanol–water partition coefficient (Wildman–Crippen LogP) is 3.34. The van der Waals surface area contributed by atoms with Crippen LogP contribution in [0.4, 0.5) is 10.2 Å². The first kappa shape index (κ1) is 25.9. The number of rotatable bonds is 9. The molecular weight excluding hydrogens is 469 g/mol. The Hall–Kier alpha value is -2.14. The first-order valence-electron chi connectivity index (χ1n) is 12.5. The molecule has 2 aromatic rings. The molecule has 2 heterocycles. The highest BCUT2D eigenvalue weighted by atomic mass is 32.2. The van der Waals surface area contributed by atoms with Crippen molar-refractivity contribution >= 4 is 16.0 Å². The molecule has 0 amide bonds. The van der Waals surface area contributed by atoms with Crippen LogP contribution in [0, 0.1) is 11.7 Å². The fourth-order valence-corrected chi connectivity index (χ4v) is 6.27. The Kier molecular flexibility index (Phi) is 8.69. The Labute approximate surface area is 208 Å². The zero-order valence-electron chi connectivity index (χ0n) is 20.5. The summed E-state index contributed by atoms with van der Waals surface area (Å²) in [5.41, 5.74) is 1.06. The van der Waals surface area contributed by atoms with Gasteiger partial charge in [-0.3, -0.25) is 0 Å². The summed E-state index contributed by atoms with van der Waals surface area (Å²) in [7, 11) is -1.98. The van der Waals surface area contributed by atoms with E-state index in [2.05, 4.69) is 19.8 Å². The Morgan fingerprint density at radius 2 is 1.97 bits per heavy atom. The number of halogens is 1. The van der Waals surface area contributed by atoms with Crippen LogP contribution in [-0.2, 0) is 14.9 Å². The van der Waals surface area contributed by atoms with E-state index in [0.717, 1.165) is 37.1 Å². The van der Waals surface area contributed by atoms with Crippen molar-refractivity contribution < 1.29 is 17.5 Å². The van der Waals surface area contributed by atoms with Crippen LogP contribution < -0.4 is 9.62 Å². The quantitative estimate of drug-likeness (QED) is 0.563.